The van der Waals surface area contributed by atoms with Crippen molar-refractivity contribution in [1.82, 2.24) is 9.55 Å². The van der Waals surface area contributed by atoms with Crippen molar-refractivity contribution >= 4 is 51.5 Å². The van der Waals surface area contributed by atoms with Crippen molar-refractivity contribution in [2.75, 3.05) is 5.32 Å². The summed E-state index contributed by atoms with van der Waals surface area (Å²) in [6.07, 6.45) is 4.23. The van der Waals surface area contributed by atoms with E-state index in [1.165, 1.54) is 24.5 Å². The molecular weight excluding hydrogens is 377 g/mol. The van der Waals surface area contributed by atoms with Crippen LogP contribution >= 0.6 is 23.2 Å². The molecule has 0 spiro atoms. The first kappa shape index (κ1) is 18.2. The number of nitrogens with one attached hydrogen (secondary N) is 1. The van der Waals surface area contributed by atoms with E-state index in [0.29, 0.717) is 5.39 Å². The van der Waals surface area contributed by atoms with Crippen LogP contribution in [0, 0.1) is 0 Å². The van der Waals surface area contributed by atoms with Crippen LogP contribution in [-0.4, -0.2) is 26.3 Å². The molecule has 134 valence electrons. The van der Waals surface area contributed by atoms with Crippen LogP contribution in [0.25, 0.3) is 10.9 Å². The fourth-order valence-corrected chi connectivity index (χ4v) is 3.13. The summed E-state index contributed by atoms with van der Waals surface area (Å²) in [5.74, 6) is -1.64. The summed E-state index contributed by atoms with van der Waals surface area (Å²) < 4.78 is 1.86. The van der Waals surface area contributed by atoms with Crippen molar-refractivity contribution < 1.29 is 14.7 Å². The molecule has 6 nitrogen and oxygen atoms in total. The van der Waals surface area contributed by atoms with E-state index in [1.807, 2.05) is 18.4 Å². The third-order valence-electron chi connectivity index (χ3n) is 3.92. The third kappa shape index (κ3) is 3.25. The molecule has 8 heteroatoms. The molecule has 0 saturated heterocycles. The highest BCUT2D eigenvalue weighted by Crippen LogP contribution is 2.31. The van der Waals surface area contributed by atoms with Crippen LogP contribution in [0.5, 0.6) is 5.75 Å². The third-order valence-corrected chi connectivity index (χ3v) is 4.49. The molecule has 2 heterocycles. The van der Waals surface area contributed by atoms with E-state index in [-0.39, 0.29) is 33.1 Å². The Morgan fingerprint density at radius 1 is 1.19 bits per heavy atom. The number of benzene rings is 1. The van der Waals surface area contributed by atoms with Gasteiger partial charge in [0.1, 0.15) is 5.75 Å². The number of carbonyl (C=O) groups excluding carboxylic acids is 2. The van der Waals surface area contributed by atoms with Crippen LogP contribution in [0.1, 0.15) is 30.2 Å². The van der Waals surface area contributed by atoms with Crippen LogP contribution in [0.4, 0.5) is 5.69 Å². The Bertz CT molecular complexity index is 1010. The molecule has 0 bridgehead atoms. The highest BCUT2D eigenvalue weighted by molar-refractivity contribution is 6.50. The number of phenolic OH excluding ortho intramolecular Hbond substituents is 1. The van der Waals surface area contributed by atoms with Crippen LogP contribution < -0.4 is 5.32 Å². The molecule has 0 saturated carbocycles. The van der Waals surface area contributed by atoms with Crippen molar-refractivity contribution in [3.63, 3.8) is 0 Å². The Labute approximate surface area is 159 Å². The monoisotopic (exact) mass is 391 g/mol. The van der Waals surface area contributed by atoms with Gasteiger partial charge >= 0.3 is 0 Å². The SMILES string of the molecule is CC(C)n1cc(C(=O)C(=O)Nc2c(Cl)cncc2Cl)c2cc(O)ccc21. The number of hydrogen-bond donors (Lipinski definition) is 2. The van der Waals surface area contributed by atoms with E-state index in [1.54, 1.807) is 12.3 Å². The second-order valence-corrected chi connectivity index (χ2v) is 6.82. The van der Waals surface area contributed by atoms with Gasteiger partial charge < -0.3 is 15.0 Å². The average Bonchev–Trinajstić information content (AvgIpc) is 2.96. The molecule has 26 heavy (non-hydrogen) atoms. The summed E-state index contributed by atoms with van der Waals surface area (Å²) in [4.78, 5) is 29.0. The summed E-state index contributed by atoms with van der Waals surface area (Å²) in [6.45, 7) is 3.91. The molecule has 3 rings (SSSR count). The zero-order valence-electron chi connectivity index (χ0n) is 14.0. The smallest absolute Gasteiger partial charge is 0.296 e. The summed E-state index contributed by atoms with van der Waals surface area (Å²) in [7, 11) is 0. The molecule has 1 aromatic carbocycles. The summed E-state index contributed by atoms with van der Waals surface area (Å²) in [5, 5.41) is 12.9. The number of pyridine rings is 1. The number of hydrogen-bond acceptors (Lipinski definition) is 4. The number of halogens is 2. The van der Waals surface area contributed by atoms with Crippen molar-refractivity contribution in [2.24, 2.45) is 0 Å². The number of amides is 1. The Morgan fingerprint density at radius 2 is 1.85 bits per heavy atom. The fraction of sp³-hybridized carbons (Fsp3) is 0.167. The van der Waals surface area contributed by atoms with E-state index >= 15 is 0 Å². The van der Waals surface area contributed by atoms with Crippen molar-refractivity contribution in [3.05, 3.63) is 52.4 Å². The molecule has 0 unspecified atom stereocenters. The van der Waals surface area contributed by atoms with Gasteiger partial charge in [0.05, 0.1) is 21.3 Å². The second-order valence-electron chi connectivity index (χ2n) is 6.01. The number of Topliss-reactive ketones (excluding diaryl/α,β-unsaturated/α-hetero) is 1. The normalized spacial score (nSPS) is 11.1. The van der Waals surface area contributed by atoms with Crippen LogP contribution in [0.2, 0.25) is 10.0 Å². The Morgan fingerprint density at radius 3 is 2.46 bits per heavy atom. The number of ketones is 1. The molecule has 3 aromatic rings. The van der Waals surface area contributed by atoms with Gasteiger partial charge in [-0.15, -0.1) is 0 Å². The Balaban J connectivity index is 2.02. The molecule has 0 aliphatic heterocycles. The molecule has 1 amide bonds. The molecule has 0 radical (unpaired) electrons. The van der Waals surface area contributed by atoms with E-state index < -0.39 is 11.7 Å². The zero-order chi connectivity index (χ0) is 19.0. The molecule has 0 fully saturated rings. The predicted molar refractivity (Wildman–Crippen MR) is 101 cm³/mol. The summed E-state index contributed by atoms with van der Waals surface area (Å²) >= 11 is 12.0. The first-order valence-electron chi connectivity index (χ1n) is 7.77. The number of nitrogens with zero attached hydrogens (tertiary/aromatic N) is 2. The van der Waals surface area contributed by atoms with Gasteiger partial charge in [0, 0.05) is 35.5 Å². The maximum atomic E-state index is 12.7. The van der Waals surface area contributed by atoms with Gasteiger partial charge in [-0.1, -0.05) is 23.2 Å². The molecule has 2 aromatic heterocycles. The molecule has 0 aliphatic rings. The molecule has 2 N–H and O–H groups in total. The van der Waals surface area contributed by atoms with Gasteiger partial charge in [-0.25, -0.2) is 0 Å². The van der Waals surface area contributed by atoms with Crippen LogP contribution in [0.3, 0.4) is 0 Å². The highest BCUT2D eigenvalue weighted by atomic mass is 35.5. The number of carbonyl (C=O) groups is 2. The minimum atomic E-state index is -0.883. The average molecular weight is 392 g/mol. The first-order chi connectivity index (χ1) is 12.3. The minimum Gasteiger partial charge on any atom is -0.508 e. The summed E-state index contributed by atoms with van der Waals surface area (Å²) in [6, 6.07) is 4.76. The Hall–Kier alpha value is -2.57. The molecule has 0 aliphatic carbocycles. The van der Waals surface area contributed by atoms with Crippen molar-refractivity contribution in [1.29, 1.82) is 0 Å². The van der Waals surface area contributed by atoms with Gasteiger partial charge in [-0.05, 0) is 32.0 Å². The van der Waals surface area contributed by atoms with Gasteiger partial charge in [0.25, 0.3) is 11.7 Å². The molecule has 0 atom stereocenters. The minimum absolute atomic E-state index is 0.00804. The van der Waals surface area contributed by atoms with Crippen LogP contribution in [-0.2, 0) is 4.79 Å². The van der Waals surface area contributed by atoms with Gasteiger partial charge in [0.15, 0.2) is 0 Å². The molecular formula is C18H15Cl2N3O3. The van der Waals surface area contributed by atoms with Gasteiger partial charge in [-0.2, -0.15) is 0 Å². The topological polar surface area (TPSA) is 84.2 Å². The number of rotatable bonds is 4. The zero-order valence-corrected chi connectivity index (χ0v) is 15.5. The van der Waals surface area contributed by atoms with E-state index in [4.69, 9.17) is 23.2 Å². The van der Waals surface area contributed by atoms with Crippen molar-refractivity contribution in [3.8, 4) is 5.75 Å². The van der Waals surface area contributed by atoms with Gasteiger partial charge in [-0.3, -0.25) is 14.6 Å². The van der Waals surface area contributed by atoms with E-state index in [2.05, 4.69) is 10.3 Å². The maximum Gasteiger partial charge on any atom is 0.296 e. The largest absolute Gasteiger partial charge is 0.508 e. The van der Waals surface area contributed by atoms with E-state index in [0.717, 1.165) is 5.52 Å². The second kappa shape index (κ2) is 6.97. The summed E-state index contributed by atoms with van der Waals surface area (Å²) in [5.41, 5.74) is 1.05. The lowest BCUT2D eigenvalue weighted by Gasteiger charge is -2.08. The lowest BCUT2D eigenvalue weighted by molar-refractivity contribution is -0.112. The van der Waals surface area contributed by atoms with Gasteiger partial charge in [0.2, 0.25) is 0 Å². The Kier molecular flexibility index (Phi) is 4.89. The maximum absolute atomic E-state index is 12.7. The highest BCUT2D eigenvalue weighted by Gasteiger charge is 2.24. The number of anilines is 1. The quantitative estimate of drug-likeness (QED) is 0.508. The van der Waals surface area contributed by atoms with Crippen LogP contribution in [0.15, 0.2) is 36.8 Å². The number of aromatic hydroxyl groups is 1. The standard InChI is InChI=1S/C18H15Cl2N3O3/c1-9(2)23-8-12(11-5-10(24)3-4-15(11)23)17(25)18(26)22-16-13(19)6-21-7-14(16)20/h3-9,24H,1-2H3,(H,21,22,26). The predicted octanol–water partition coefficient (Wildman–Crippen LogP) is 4.45. The first-order valence-corrected chi connectivity index (χ1v) is 8.53. The fourth-order valence-electron chi connectivity index (χ4n) is 2.67. The number of fused-ring (bicyclic) bond motifs is 1. The van der Waals surface area contributed by atoms with E-state index in [9.17, 15) is 14.7 Å². The lowest BCUT2D eigenvalue weighted by atomic mass is 10.1. The lowest BCUT2D eigenvalue weighted by Crippen LogP contribution is -2.23. The number of phenols is 1. The van der Waals surface area contributed by atoms with Crippen molar-refractivity contribution in [2.45, 2.75) is 19.9 Å². The number of aromatic nitrogens is 2.